The van der Waals surface area contributed by atoms with Gasteiger partial charge in [0.1, 0.15) is 0 Å². The molecule has 7 nitrogen and oxygen atoms in total. The molecule has 0 radical (unpaired) electrons. The molecule has 0 spiro atoms. The molecule has 2 N–H and O–H groups in total. The van der Waals surface area contributed by atoms with Crippen molar-refractivity contribution in [1.82, 2.24) is 9.62 Å². The van der Waals surface area contributed by atoms with E-state index in [-0.39, 0.29) is 23.4 Å². The van der Waals surface area contributed by atoms with E-state index in [0.717, 1.165) is 36.1 Å². The van der Waals surface area contributed by atoms with Crippen molar-refractivity contribution in [3.05, 3.63) is 59.2 Å². The van der Waals surface area contributed by atoms with E-state index in [4.69, 9.17) is 0 Å². The summed E-state index contributed by atoms with van der Waals surface area (Å²) >= 11 is 0. The summed E-state index contributed by atoms with van der Waals surface area (Å²) in [6.45, 7) is 6.06. The highest BCUT2D eigenvalue weighted by Gasteiger charge is 2.30. The zero-order chi connectivity index (χ0) is 22.6. The molecule has 3 rings (SSSR count). The van der Waals surface area contributed by atoms with Gasteiger partial charge in [-0.2, -0.15) is 4.31 Å². The van der Waals surface area contributed by atoms with Crippen LogP contribution >= 0.6 is 0 Å². The molecule has 1 atom stereocenters. The van der Waals surface area contributed by atoms with E-state index in [9.17, 15) is 18.0 Å². The maximum atomic E-state index is 12.9. The van der Waals surface area contributed by atoms with E-state index in [1.165, 1.54) is 28.6 Å². The molecule has 0 aromatic heterocycles. The van der Waals surface area contributed by atoms with Crippen molar-refractivity contribution in [2.24, 2.45) is 0 Å². The van der Waals surface area contributed by atoms with Crippen LogP contribution in [0.1, 0.15) is 47.7 Å². The minimum absolute atomic E-state index is 0.0304. The third kappa shape index (κ3) is 5.32. The van der Waals surface area contributed by atoms with Gasteiger partial charge >= 0.3 is 0 Å². The van der Waals surface area contributed by atoms with Gasteiger partial charge in [-0.25, -0.2) is 8.42 Å². The number of sulfonamides is 1. The molecule has 1 aliphatic rings. The molecule has 8 heteroatoms. The predicted octanol–water partition coefficient (Wildman–Crippen LogP) is 3.24. The molecular formula is C23H29N3O4S. The van der Waals surface area contributed by atoms with Crippen LogP contribution in [0.4, 0.5) is 5.69 Å². The number of carbonyl (C=O) groups is 2. The lowest BCUT2D eigenvalue weighted by atomic mass is 10.1. The molecule has 2 amide bonds. The van der Waals surface area contributed by atoms with E-state index in [2.05, 4.69) is 10.6 Å². The molecule has 0 saturated carbocycles. The summed E-state index contributed by atoms with van der Waals surface area (Å²) in [6, 6.07) is 11.5. The van der Waals surface area contributed by atoms with Gasteiger partial charge in [-0.05, 0) is 69.0 Å². The Kier molecular flexibility index (Phi) is 7.12. The van der Waals surface area contributed by atoms with Gasteiger partial charge in [0.05, 0.1) is 11.4 Å². The normalized spacial score (nSPS) is 17.2. The van der Waals surface area contributed by atoms with Gasteiger partial charge in [0, 0.05) is 23.8 Å². The number of rotatable bonds is 6. The molecule has 0 bridgehead atoms. The highest BCUT2D eigenvalue weighted by Crippen LogP contribution is 2.25. The Morgan fingerprint density at radius 1 is 1.03 bits per heavy atom. The number of aryl methyl sites for hydroxylation is 2. The Balaban J connectivity index is 1.61. The summed E-state index contributed by atoms with van der Waals surface area (Å²) in [7, 11) is -3.58. The number of nitrogens with one attached hydrogen (secondary N) is 2. The van der Waals surface area contributed by atoms with Crippen molar-refractivity contribution in [2.75, 3.05) is 18.4 Å². The number of hydrogen-bond acceptors (Lipinski definition) is 4. The Morgan fingerprint density at radius 2 is 1.68 bits per heavy atom. The number of hydrogen-bond donors (Lipinski definition) is 2. The zero-order valence-corrected chi connectivity index (χ0v) is 19.0. The fourth-order valence-corrected chi connectivity index (χ4v) is 5.50. The van der Waals surface area contributed by atoms with Crippen LogP contribution in [-0.2, 0) is 14.8 Å². The number of benzene rings is 2. The molecule has 1 saturated heterocycles. The molecule has 0 aliphatic carbocycles. The minimum atomic E-state index is -3.58. The number of amides is 2. The Hall–Kier alpha value is -2.71. The molecular weight excluding hydrogens is 414 g/mol. The summed E-state index contributed by atoms with van der Waals surface area (Å²) in [5.74, 6) is -0.768. The van der Waals surface area contributed by atoms with E-state index in [1.807, 2.05) is 39.0 Å². The van der Waals surface area contributed by atoms with Crippen LogP contribution in [0, 0.1) is 13.8 Å². The van der Waals surface area contributed by atoms with Crippen LogP contribution in [-0.4, -0.2) is 43.7 Å². The SMILES string of the molecule is Cc1cccc(C)c1NC(=O)CNC(=O)c1ccc(S(=O)(=O)N2CCCC[C@@H]2C)cc1. The number of piperidine rings is 1. The van der Waals surface area contributed by atoms with Gasteiger partial charge in [-0.15, -0.1) is 0 Å². The van der Waals surface area contributed by atoms with E-state index in [1.54, 1.807) is 0 Å². The molecule has 0 unspecified atom stereocenters. The lowest BCUT2D eigenvalue weighted by Gasteiger charge is -2.32. The van der Waals surface area contributed by atoms with Gasteiger partial charge in [0.2, 0.25) is 15.9 Å². The van der Waals surface area contributed by atoms with Crippen LogP contribution < -0.4 is 10.6 Å². The summed E-state index contributed by atoms with van der Waals surface area (Å²) in [5.41, 5.74) is 2.92. The smallest absolute Gasteiger partial charge is 0.251 e. The fourth-order valence-electron chi connectivity index (χ4n) is 3.80. The molecule has 1 heterocycles. The highest BCUT2D eigenvalue weighted by molar-refractivity contribution is 7.89. The summed E-state index contributed by atoms with van der Waals surface area (Å²) in [5, 5.41) is 5.39. The van der Waals surface area contributed by atoms with Crippen molar-refractivity contribution >= 4 is 27.5 Å². The second-order valence-electron chi connectivity index (χ2n) is 7.98. The first-order chi connectivity index (χ1) is 14.7. The van der Waals surface area contributed by atoms with Gasteiger partial charge < -0.3 is 10.6 Å². The predicted molar refractivity (Wildman–Crippen MR) is 121 cm³/mol. The van der Waals surface area contributed by atoms with Crippen LogP contribution in [0.2, 0.25) is 0 Å². The number of nitrogens with zero attached hydrogens (tertiary/aromatic N) is 1. The standard InChI is InChI=1S/C23H29N3O4S/c1-16-7-6-8-17(2)22(16)25-21(27)15-24-23(28)19-10-12-20(13-11-19)31(29,30)26-14-5-4-9-18(26)3/h6-8,10-13,18H,4-5,9,14-15H2,1-3H3,(H,24,28)(H,25,27)/t18-/m0/s1. The van der Waals surface area contributed by atoms with E-state index < -0.39 is 15.9 Å². The maximum Gasteiger partial charge on any atom is 0.251 e. The summed E-state index contributed by atoms with van der Waals surface area (Å²) in [6.07, 6.45) is 2.74. The Bertz CT molecular complexity index is 1040. The first-order valence-corrected chi connectivity index (χ1v) is 11.9. The molecule has 31 heavy (non-hydrogen) atoms. The molecule has 1 fully saturated rings. The van der Waals surface area contributed by atoms with Gasteiger partial charge in [-0.1, -0.05) is 24.6 Å². The largest absolute Gasteiger partial charge is 0.343 e. The van der Waals surface area contributed by atoms with Gasteiger partial charge in [-0.3, -0.25) is 9.59 Å². The van der Waals surface area contributed by atoms with Gasteiger partial charge in [0.15, 0.2) is 0 Å². The summed E-state index contributed by atoms with van der Waals surface area (Å²) < 4.78 is 27.3. The van der Waals surface area contributed by atoms with Crippen molar-refractivity contribution in [1.29, 1.82) is 0 Å². The maximum absolute atomic E-state index is 12.9. The molecule has 1 aliphatic heterocycles. The van der Waals surface area contributed by atoms with Gasteiger partial charge in [0.25, 0.3) is 5.91 Å². The Morgan fingerprint density at radius 3 is 2.29 bits per heavy atom. The number of anilines is 1. The van der Waals surface area contributed by atoms with Crippen molar-refractivity contribution < 1.29 is 18.0 Å². The first kappa shape index (κ1) is 23.0. The van der Waals surface area contributed by atoms with Crippen molar-refractivity contribution in [3.63, 3.8) is 0 Å². The highest BCUT2D eigenvalue weighted by atomic mass is 32.2. The zero-order valence-electron chi connectivity index (χ0n) is 18.1. The molecule has 2 aromatic rings. The second-order valence-corrected chi connectivity index (χ2v) is 9.87. The average Bonchev–Trinajstić information content (AvgIpc) is 2.75. The fraction of sp³-hybridized carbons (Fsp3) is 0.391. The lowest BCUT2D eigenvalue weighted by molar-refractivity contribution is -0.115. The molecule has 166 valence electrons. The quantitative estimate of drug-likeness (QED) is 0.716. The van der Waals surface area contributed by atoms with E-state index in [0.29, 0.717) is 12.1 Å². The van der Waals surface area contributed by atoms with Crippen LogP contribution in [0.3, 0.4) is 0 Å². The molecule has 2 aromatic carbocycles. The Labute approximate surface area is 183 Å². The monoisotopic (exact) mass is 443 g/mol. The van der Waals surface area contributed by atoms with Crippen LogP contribution in [0.15, 0.2) is 47.4 Å². The van der Waals surface area contributed by atoms with Crippen LogP contribution in [0.5, 0.6) is 0 Å². The summed E-state index contributed by atoms with van der Waals surface area (Å²) in [4.78, 5) is 24.8. The van der Waals surface area contributed by atoms with Crippen molar-refractivity contribution in [3.8, 4) is 0 Å². The number of carbonyl (C=O) groups excluding carboxylic acids is 2. The average molecular weight is 444 g/mol. The van der Waals surface area contributed by atoms with Crippen LogP contribution in [0.25, 0.3) is 0 Å². The second kappa shape index (κ2) is 9.62. The third-order valence-electron chi connectivity index (χ3n) is 5.62. The van der Waals surface area contributed by atoms with Crippen molar-refractivity contribution in [2.45, 2.75) is 51.0 Å². The third-order valence-corrected chi connectivity index (χ3v) is 7.65. The topological polar surface area (TPSA) is 95.6 Å². The lowest BCUT2D eigenvalue weighted by Crippen LogP contribution is -2.41. The van der Waals surface area contributed by atoms with E-state index >= 15 is 0 Å². The first-order valence-electron chi connectivity index (χ1n) is 10.5. The number of para-hydroxylation sites is 1. The minimum Gasteiger partial charge on any atom is -0.343 e.